The van der Waals surface area contributed by atoms with Crippen LogP contribution in [0.3, 0.4) is 0 Å². The van der Waals surface area contributed by atoms with Gasteiger partial charge >= 0.3 is 0 Å². The summed E-state index contributed by atoms with van der Waals surface area (Å²) in [5.41, 5.74) is 5.02. The number of nitrogens with zero attached hydrogens (tertiary/aromatic N) is 2. The van der Waals surface area contributed by atoms with E-state index in [0.29, 0.717) is 4.73 Å². The van der Waals surface area contributed by atoms with E-state index in [0.717, 1.165) is 0 Å². The Morgan fingerprint density at radius 3 is 2.89 bits per heavy atom. The first-order valence-corrected chi connectivity index (χ1v) is 2.29. The Balaban J connectivity index is 3.43. The zero-order valence-corrected chi connectivity index (χ0v) is 4.57. The van der Waals surface area contributed by atoms with E-state index in [1.807, 2.05) is 0 Å². The number of anilines is 1. The lowest BCUT2D eigenvalue weighted by atomic mass is 10.6. The molecule has 0 unspecified atom stereocenters. The van der Waals surface area contributed by atoms with Crippen molar-refractivity contribution in [3.05, 3.63) is 17.8 Å². The van der Waals surface area contributed by atoms with Gasteiger partial charge in [-0.3, -0.25) is 5.41 Å². The molecule has 0 aliphatic rings. The lowest BCUT2D eigenvalue weighted by Crippen LogP contribution is -2.20. The average Bonchev–Trinajstić information content (AvgIpc) is 1.83. The molecule has 0 saturated heterocycles. The molecule has 1 aromatic heterocycles. The van der Waals surface area contributed by atoms with E-state index < -0.39 is 0 Å². The molecular formula is C4H6N4O. The van der Waals surface area contributed by atoms with E-state index in [1.165, 1.54) is 12.3 Å². The largest absolute Gasteiger partial charge is 0.423 e. The zero-order valence-electron chi connectivity index (χ0n) is 4.57. The molecule has 5 heteroatoms. The summed E-state index contributed by atoms with van der Waals surface area (Å²) in [6.45, 7) is 0. The maximum Gasteiger partial charge on any atom is 0.236 e. The molecule has 0 saturated carbocycles. The Morgan fingerprint density at radius 2 is 2.44 bits per heavy atom. The van der Waals surface area contributed by atoms with Gasteiger partial charge in [-0.2, -0.15) is 0 Å². The molecule has 1 heterocycles. The molecule has 0 aliphatic heterocycles. The SMILES string of the molecule is N=c1ccnc(N)n1O. The fourth-order valence-corrected chi connectivity index (χ4v) is 0.433. The van der Waals surface area contributed by atoms with Gasteiger partial charge < -0.3 is 10.9 Å². The topological polar surface area (TPSA) is 87.9 Å². The Labute approximate surface area is 50.9 Å². The standard InChI is InChI=1S/C4H6N4O/c5-3-1-2-7-4(6)8(3)9/h1-2,5,9H,(H2,6,7). The summed E-state index contributed by atoms with van der Waals surface area (Å²) in [6, 6.07) is 1.33. The van der Waals surface area contributed by atoms with Crippen LogP contribution < -0.4 is 11.2 Å². The predicted octanol–water partition coefficient (Wildman–Crippen LogP) is -0.818. The second kappa shape index (κ2) is 1.77. The summed E-state index contributed by atoms with van der Waals surface area (Å²) >= 11 is 0. The lowest BCUT2D eigenvalue weighted by molar-refractivity contribution is 0.174. The van der Waals surface area contributed by atoms with Gasteiger partial charge in [-0.25, -0.2) is 4.98 Å². The van der Waals surface area contributed by atoms with Gasteiger partial charge in [0.2, 0.25) is 5.95 Å². The van der Waals surface area contributed by atoms with Gasteiger partial charge in [0, 0.05) is 12.3 Å². The summed E-state index contributed by atoms with van der Waals surface area (Å²) in [7, 11) is 0. The third-order valence-electron chi connectivity index (χ3n) is 0.884. The number of nitrogens with two attached hydrogens (primary N) is 1. The van der Waals surface area contributed by atoms with Crippen molar-refractivity contribution in [3.8, 4) is 0 Å². The van der Waals surface area contributed by atoms with E-state index in [1.54, 1.807) is 0 Å². The molecule has 0 fully saturated rings. The molecule has 0 bridgehead atoms. The molecule has 0 aliphatic carbocycles. The van der Waals surface area contributed by atoms with Crippen LogP contribution in [-0.4, -0.2) is 14.9 Å². The minimum Gasteiger partial charge on any atom is -0.423 e. The van der Waals surface area contributed by atoms with Gasteiger partial charge in [-0.15, -0.1) is 4.73 Å². The molecule has 5 nitrogen and oxygen atoms in total. The first-order chi connectivity index (χ1) is 4.22. The summed E-state index contributed by atoms with van der Waals surface area (Å²) < 4.78 is 0.500. The smallest absolute Gasteiger partial charge is 0.236 e. The van der Waals surface area contributed by atoms with Crippen molar-refractivity contribution in [3.63, 3.8) is 0 Å². The van der Waals surface area contributed by atoms with Crippen LogP contribution >= 0.6 is 0 Å². The number of nitrogen functional groups attached to an aromatic ring is 1. The van der Waals surface area contributed by atoms with Crippen molar-refractivity contribution in [2.75, 3.05) is 5.73 Å². The highest BCUT2D eigenvalue weighted by molar-refractivity contribution is 5.12. The van der Waals surface area contributed by atoms with E-state index >= 15 is 0 Å². The highest BCUT2D eigenvalue weighted by atomic mass is 16.5. The summed E-state index contributed by atoms with van der Waals surface area (Å²) in [5, 5.41) is 15.7. The number of hydrogen-bond acceptors (Lipinski definition) is 4. The van der Waals surface area contributed by atoms with E-state index in [9.17, 15) is 0 Å². The monoisotopic (exact) mass is 126 g/mol. The second-order valence-electron chi connectivity index (χ2n) is 1.50. The Kier molecular flexibility index (Phi) is 1.11. The van der Waals surface area contributed by atoms with Crippen LogP contribution in [0.4, 0.5) is 5.95 Å². The maximum atomic E-state index is 8.75. The van der Waals surface area contributed by atoms with Crippen LogP contribution in [0.1, 0.15) is 0 Å². The molecular weight excluding hydrogens is 120 g/mol. The van der Waals surface area contributed by atoms with Crippen molar-refractivity contribution in [1.29, 1.82) is 5.41 Å². The molecule has 1 aromatic rings. The van der Waals surface area contributed by atoms with Gasteiger partial charge in [-0.05, 0) is 0 Å². The van der Waals surface area contributed by atoms with Crippen molar-refractivity contribution in [2.24, 2.45) is 0 Å². The number of nitrogens with one attached hydrogen (secondary N) is 1. The zero-order chi connectivity index (χ0) is 6.85. The van der Waals surface area contributed by atoms with Crippen LogP contribution in [-0.2, 0) is 0 Å². The Bertz CT molecular complexity index is 266. The Morgan fingerprint density at radius 1 is 1.78 bits per heavy atom. The van der Waals surface area contributed by atoms with Gasteiger partial charge in [0.1, 0.15) is 0 Å². The maximum absolute atomic E-state index is 8.75. The first kappa shape index (κ1) is 5.61. The van der Waals surface area contributed by atoms with Gasteiger partial charge in [-0.1, -0.05) is 0 Å². The molecule has 0 aromatic carbocycles. The third-order valence-corrected chi connectivity index (χ3v) is 0.884. The number of aromatic nitrogens is 2. The second-order valence-corrected chi connectivity index (χ2v) is 1.50. The molecule has 0 radical (unpaired) electrons. The van der Waals surface area contributed by atoms with E-state index in [2.05, 4.69) is 4.98 Å². The van der Waals surface area contributed by atoms with Gasteiger partial charge in [0.15, 0.2) is 5.49 Å². The summed E-state index contributed by atoms with van der Waals surface area (Å²) in [4.78, 5) is 3.51. The Hall–Kier alpha value is -1.52. The minimum atomic E-state index is -0.0810. The van der Waals surface area contributed by atoms with E-state index in [4.69, 9.17) is 16.4 Å². The van der Waals surface area contributed by atoms with Crippen molar-refractivity contribution in [2.45, 2.75) is 0 Å². The molecule has 0 amide bonds. The highest BCUT2D eigenvalue weighted by Gasteiger charge is 1.90. The van der Waals surface area contributed by atoms with Crippen LogP contribution in [0.15, 0.2) is 12.3 Å². The average molecular weight is 126 g/mol. The lowest BCUT2D eigenvalue weighted by Gasteiger charge is -1.97. The van der Waals surface area contributed by atoms with Crippen molar-refractivity contribution >= 4 is 5.95 Å². The number of hydrogen-bond donors (Lipinski definition) is 3. The molecule has 0 atom stereocenters. The first-order valence-electron chi connectivity index (χ1n) is 2.29. The molecule has 4 N–H and O–H groups in total. The fourth-order valence-electron chi connectivity index (χ4n) is 0.433. The van der Waals surface area contributed by atoms with Crippen molar-refractivity contribution < 1.29 is 5.21 Å². The molecule has 1 rings (SSSR count). The molecule has 9 heavy (non-hydrogen) atoms. The quantitative estimate of drug-likeness (QED) is 0.397. The highest BCUT2D eigenvalue weighted by Crippen LogP contribution is 1.83. The fraction of sp³-hybridized carbons (Fsp3) is 0. The van der Waals surface area contributed by atoms with Crippen LogP contribution in [0.2, 0.25) is 0 Å². The predicted molar refractivity (Wildman–Crippen MR) is 29.7 cm³/mol. The number of rotatable bonds is 0. The molecule has 0 spiro atoms. The van der Waals surface area contributed by atoms with E-state index in [-0.39, 0.29) is 11.4 Å². The summed E-state index contributed by atoms with van der Waals surface area (Å²) in [5.74, 6) is -0.0810. The normalized spacial score (nSPS) is 9.33. The van der Waals surface area contributed by atoms with Crippen LogP contribution in [0.25, 0.3) is 0 Å². The van der Waals surface area contributed by atoms with Crippen LogP contribution in [0, 0.1) is 5.41 Å². The van der Waals surface area contributed by atoms with Gasteiger partial charge in [0.05, 0.1) is 0 Å². The van der Waals surface area contributed by atoms with Gasteiger partial charge in [0.25, 0.3) is 0 Å². The third kappa shape index (κ3) is 0.835. The van der Waals surface area contributed by atoms with Crippen molar-refractivity contribution in [1.82, 2.24) is 9.71 Å². The summed E-state index contributed by atoms with van der Waals surface area (Å²) in [6.07, 6.45) is 1.35. The molecule has 48 valence electrons. The minimum absolute atomic E-state index is 0.0810. The van der Waals surface area contributed by atoms with Crippen LogP contribution in [0.5, 0.6) is 0 Å².